The third kappa shape index (κ3) is 1.65. The lowest BCUT2D eigenvalue weighted by molar-refractivity contribution is -0.120. The minimum atomic E-state index is -0.407. The van der Waals surface area contributed by atoms with E-state index in [1.807, 2.05) is 6.92 Å². The van der Waals surface area contributed by atoms with E-state index in [-0.39, 0.29) is 5.92 Å². The van der Waals surface area contributed by atoms with E-state index in [0.29, 0.717) is 6.42 Å². The second-order valence-electron chi connectivity index (χ2n) is 1.53. The van der Waals surface area contributed by atoms with Gasteiger partial charge in [0.15, 0.2) is 0 Å². The average Bonchev–Trinajstić information content (AvgIpc) is 1.69. The Kier molecular flexibility index (Phi) is 2.71. The predicted octanol–water partition coefficient (Wildman–Crippen LogP) is 0.131. The highest BCUT2D eigenvalue weighted by Gasteiger charge is 2.06. The molecule has 0 aliphatic rings. The molecule has 0 aromatic rings. The second kappa shape index (κ2) is 3.09. The molecular weight excluding hydrogens is 102 g/mol. The summed E-state index contributed by atoms with van der Waals surface area (Å²) in [5.74, 6) is 1.49. The Labute approximate surface area is 49.1 Å². The van der Waals surface area contributed by atoms with Crippen LogP contribution in [0.25, 0.3) is 0 Å². The van der Waals surface area contributed by atoms with Crippen LogP contribution in [0, 0.1) is 18.3 Å². The van der Waals surface area contributed by atoms with Crippen LogP contribution < -0.4 is 5.73 Å². The summed E-state index contributed by atoms with van der Waals surface area (Å²) in [4.78, 5) is 10.2. The van der Waals surface area contributed by atoms with Crippen molar-refractivity contribution in [2.24, 2.45) is 11.7 Å². The molecule has 1 amide bonds. The molecule has 0 spiro atoms. The molecule has 0 saturated carbocycles. The molecule has 0 radical (unpaired) electrons. The summed E-state index contributed by atoms with van der Waals surface area (Å²) in [5.41, 5.74) is 4.88. The van der Waals surface area contributed by atoms with E-state index < -0.39 is 5.91 Å². The van der Waals surface area contributed by atoms with Crippen molar-refractivity contribution >= 4 is 5.91 Å². The SMILES string of the molecule is C#CC(CC)C(N)=O. The molecule has 0 bridgehead atoms. The highest BCUT2D eigenvalue weighted by molar-refractivity contribution is 5.79. The molecule has 0 aliphatic carbocycles. The Morgan fingerprint density at radius 1 is 2.00 bits per heavy atom. The van der Waals surface area contributed by atoms with Crippen molar-refractivity contribution in [1.82, 2.24) is 0 Å². The van der Waals surface area contributed by atoms with Crippen LogP contribution in [0.4, 0.5) is 0 Å². The number of primary amides is 1. The smallest absolute Gasteiger partial charge is 0.232 e. The van der Waals surface area contributed by atoms with E-state index >= 15 is 0 Å². The molecule has 0 aromatic carbocycles. The first-order valence-electron chi connectivity index (χ1n) is 2.47. The fraction of sp³-hybridized carbons (Fsp3) is 0.500. The molecule has 0 heterocycles. The maximum absolute atomic E-state index is 10.2. The van der Waals surface area contributed by atoms with Crippen LogP contribution in [0.3, 0.4) is 0 Å². The van der Waals surface area contributed by atoms with Crippen molar-refractivity contribution in [2.75, 3.05) is 0 Å². The van der Waals surface area contributed by atoms with Gasteiger partial charge in [0.1, 0.15) is 0 Å². The van der Waals surface area contributed by atoms with Crippen LogP contribution in [0.1, 0.15) is 13.3 Å². The minimum Gasteiger partial charge on any atom is -0.369 e. The van der Waals surface area contributed by atoms with Crippen LogP contribution in [0.5, 0.6) is 0 Å². The Morgan fingerprint density at radius 3 is 2.50 bits per heavy atom. The van der Waals surface area contributed by atoms with Gasteiger partial charge in [0.25, 0.3) is 0 Å². The molecule has 1 atom stereocenters. The molecule has 0 saturated heterocycles. The summed E-state index contributed by atoms with van der Waals surface area (Å²) in [7, 11) is 0. The Bertz CT molecular complexity index is 123. The number of carbonyl (C=O) groups excluding carboxylic acids is 1. The molecule has 2 N–H and O–H groups in total. The molecule has 8 heavy (non-hydrogen) atoms. The predicted molar refractivity (Wildman–Crippen MR) is 31.8 cm³/mol. The average molecular weight is 111 g/mol. The zero-order valence-corrected chi connectivity index (χ0v) is 4.85. The first kappa shape index (κ1) is 7.03. The van der Waals surface area contributed by atoms with Crippen LogP contribution in [-0.4, -0.2) is 5.91 Å². The maximum Gasteiger partial charge on any atom is 0.232 e. The van der Waals surface area contributed by atoms with Gasteiger partial charge in [0, 0.05) is 0 Å². The third-order valence-electron chi connectivity index (χ3n) is 0.953. The van der Waals surface area contributed by atoms with Gasteiger partial charge in [-0.25, -0.2) is 0 Å². The van der Waals surface area contributed by atoms with Gasteiger partial charge in [-0.1, -0.05) is 12.8 Å². The number of terminal acetylenes is 1. The summed E-state index contributed by atoms with van der Waals surface area (Å²) in [6.45, 7) is 1.83. The molecule has 1 unspecified atom stereocenters. The lowest BCUT2D eigenvalue weighted by Gasteiger charge is -1.97. The van der Waals surface area contributed by atoms with Crippen molar-refractivity contribution < 1.29 is 4.79 Å². The van der Waals surface area contributed by atoms with E-state index in [2.05, 4.69) is 5.92 Å². The fourth-order valence-corrected chi connectivity index (χ4v) is 0.401. The van der Waals surface area contributed by atoms with Crippen LogP contribution in [-0.2, 0) is 4.79 Å². The fourth-order valence-electron chi connectivity index (χ4n) is 0.401. The molecule has 44 valence electrons. The summed E-state index contributed by atoms with van der Waals surface area (Å²) in [5, 5.41) is 0. The molecule has 0 fully saturated rings. The summed E-state index contributed by atoms with van der Waals surface area (Å²) < 4.78 is 0. The molecule has 0 aliphatic heterocycles. The quantitative estimate of drug-likeness (QED) is 0.506. The Balaban J connectivity index is 3.76. The summed E-state index contributed by atoms with van der Waals surface area (Å²) >= 11 is 0. The molecule has 0 rings (SSSR count). The maximum atomic E-state index is 10.2. The van der Waals surface area contributed by atoms with E-state index in [0.717, 1.165) is 0 Å². The number of amides is 1. The summed E-state index contributed by atoms with van der Waals surface area (Å²) in [6, 6.07) is 0. The molecule has 0 aromatic heterocycles. The summed E-state index contributed by atoms with van der Waals surface area (Å²) in [6.07, 6.45) is 5.56. The standard InChI is InChI=1S/C6H9NO/c1-3-5(4-2)6(7)8/h1,5H,4H2,2H3,(H2,7,8). The second-order valence-corrected chi connectivity index (χ2v) is 1.53. The van der Waals surface area contributed by atoms with Gasteiger partial charge in [0.05, 0.1) is 5.92 Å². The number of hydrogen-bond acceptors (Lipinski definition) is 1. The normalized spacial score (nSPS) is 12.0. The van der Waals surface area contributed by atoms with Gasteiger partial charge in [-0.15, -0.1) is 6.42 Å². The minimum absolute atomic E-state index is 0.380. The van der Waals surface area contributed by atoms with Crippen molar-refractivity contribution in [3.05, 3.63) is 0 Å². The van der Waals surface area contributed by atoms with Gasteiger partial charge >= 0.3 is 0 Å². The van der Waals surface area contributed by atoms with E-state index in [1.54, 1.807) is 0 Å². The monoisotopic (exact) mass is 111 g/mol. The van der Waals surface area contributed by atoms with E-state index in [1.165, 1.54) is 0 Å². The first-order chi connectivity index (χ1) is 3.72. The first-order valence-corrected chi connectivity index (χ1v) is 2.47. The highest BCUT2D eigenvalue weighted by Crippen LogP contribution is 1.96. The van der Waals surface area contributed by atoms with Gasteiger partial charge in [-0.3, -0.25) is 4.79 Å². The molecule has 2 nitrogen and oxygen atoms in total. The van der Waals surface area contributed by atoms with Gasteiger partial charge in [-0.2, -0.15) is 0 Å². The van der Waals surface area contributed by atoms with Crippen molar-refractivity contribution in [2.45, 2.75) is 13.3 Å². The highest BCUT2D eigenvalue weighted by atomic mass is 16.1. The van der Waals surface area contributed by atoms with Gasteiger partial charge in [0.2, 0.25) is 5.91 Å². The van der Waals surface area contributed by atoms with Crippen molar-refractivity contribution in [1.29, 1.82) is 0 Å². The number of hydrogen-bond donors (Lipinski definition) is 1. The number of rotatable bonds is 2. The number of nitrogens with two attached hydrogens (primary N) is 1. The number of carbonyl (C=O) groups is 1. The van der Waals surface area contributed by atoms with Gasteiger partial charge < -0.3 is 5.73 Å². The van der Waals surface area contributed by atoms with Crippen molar-refractivity contribution in [3.63, 3.8) is 0 Å². The largest absolute Gasteiger partial charge is 0.369 e. The van der Waals surface area contributed by atoms with Crippen LogP contribution >= 0.6 is 0 Å². The zero-order valence-electron chi connectivity index (χ0n) is 4.85. The van der Waals surface area contributed by atoms with E-state index in [4.69, 9.17) is 12.2 Å². The molecular formula is C6H9NO. The Hall–Kier alpha value is -0.970. The van der Waals surface area contributed by atoms with Gasteiger partial charge in [-0.05, 0) is 6.42 Å². The lowest BCUT2D eigenvalue weighted by atomic mass is 10.1. The zero-order chi connectivity index (χ0) is 6.57. The Morgan fingerprint density at radius 2 is 2.50 bits per heavy atom. The topological polar surface area (TPSA) is 43.1 Å². The van der Waals surface area contributed by atoms with Crippen LogP contribution in [0.2, 0.25) is 0 Å². The van der Waals surface area contributed by atoms with Crippen LogP contribution in [0.15, 0.2) is 0 Å². The molecule has 2 heteroatoms. The van der Waals surface area contributed by atoms with E-state index in [9.17, 15) is 4.79 Å². The van der Waals surface area contributed by atoms with Crippen molar-refractivity contribution in [3.8, 4) is 12.3 Å². The lowest BCUT2D eigenvalue weighted by Crippen LogP contribution is -2.20. The third-order valence-corrected chi connectivity index (χ3v) is 0.953.